The molecule has 0 saturated heterocycles. The number of nitrogens with zero attached hydrogens (tertiary/aromatic N) is 2. The molecule has 0 radical (unpaired) electrons. The average Bonchev–Trinajstić information content (AvgIpc) is 2.63. The molecule has 1 aromatic rings. The van der Waals surface area contributed by atoms with Crippen LogP contribution in [0.5, 0.6) is 0 Å². The van der Waals surface area contributed by atoms with Gasteiger partial charge in [-0.15, -0.1) is 0 Å². The second-order valence-electron chi connectivity index (χ2n) is 4.13. The van der Waals surface area contributed by atoms with Crippen molar-refractivity contribution in [1.29, 1.82) is 0 Å². The van der Waals surface area contributed by atoms with Crippen LogP contribution in [0.3, 0.4) is 0 Å². The fourth-order valence-corrected chi connectivity index (χ4v) is 3.07. The minimum atomic E-state index is 0.714. The fraction of sp³-hybridized carbons (Fsp3) is 0.778. The minimum absolute atomic E-state index is 0.714. The highest BCUT2D eigenvalue weighted by Gasteiger charge is 2.40. The first-order chi connectivity index (χ1) is 6.16. The standard InChI is InChI=1S/C9H13BrN2S/c1-5(2)3-6-4-7(6)8-11-9(10)12-13-8/h5-7H,3-4H2,1-2H3/t6-,7-/m1/s1. The van der Waals surface area contributed by atoms with E-state index >= 15 is 0 Å². The van der Waals surface area contributed by atoms with Gasteiger partial charge in [0.1, 0.15) is 5.01 Å². The molecule has 2 nitrogen and oxygen atoms in total. The van der Waals surface area contributed by atoms with Crippen molar-refractivity contribution in [3.05, 3.63) is 9.74 Å². The van der Waals surface area contributed by atoms with Gasteiger partial charge in [-0.05, 0) is 52.1 Å². The number of aromatic nitrogens is 2. The van der Waals surface area contributed by atoms with Crippen LogP contribution in [-0.4, -0.2) is 9.36 Å². The molecule has 0 bridgehead atoms. The Morgan fingerprint density at radius 3 is 2.92 bits per heavy atom. The Balaban J connectivity index is 1.92. The average molecular weight is 261 g/mol. The van der Waals surface area contributed by atoms with Crippen LogP contribution in [-0.2, 0) is 0 Å². The number of halogens is 1. The van der Waals surface area contributed by atoms with Crippen LogP contribution in [0.25, 0.3) is 0 Å². The molecule has 1 aliphatic carbocycles. The van der Waals surface area contributed by atoms with E-state index in [0.717, 1.165) is 16.6 Å². The summed E-state index contributed by atoms with van der Waals surface area (Å²) in [6.07, 6.45) is 2.65. The molecule has 13 heavy (non-hydrogen) atoms. The summed E-state index contributed by atoms with van der Waals surface area (Å²) in [5, 5.41) is 1.22. The topological polar surface area (TPSA) is 25.8 Å². The van der Waals surface area contributed by atoms with E-state index in [1.807, 2.05) is 0 Å². The fourth-order valence-electron chi connectivity index (χ4n) is 1.78. The summed E-state index contributed by atoms with van der Waals surface area (Å²) in [6, 6.07) is 0. The van der Waals surface area contributed by atoms with E-state index in [1.165, 1.54) is 17.8 Å². The first-order valence-corrected chi connectivity index (χ1v) is 6.22. The zero-order valence-electron chi connectivity index (χ0n) is 7.83. The molecule has 0 aliphatic heterocycles. The number of rotatable bonds is 3. The van der Waals surface area contributed by atoms with Crippen molar-refractivity contribution in [2.24, 2.45) is 11.8 Å². The third kappa shape index (κ3) is 2.29. The van der Waals surface area contributed by atoms with E-state index in [0.29, 0.717) is 5.92 Å². The summed E-state index contributed by atoms with van der Waals surface area (Å²) in [5.41, 5.74) is 0. The Bertz CT molecular complexity index is 298. The zero-order chi connectivity index (χ0) is 9.42. The summed E-state index contributed by atoms with van der Waals surface area (Å²) in [5.74, 6) is 2.40. The van der Waals surface area contributed by atoms with Gasteiger partial charge in [-0.2, -0.15) is 4.37 Å². The van der Waals surface area contributed by atoms with Crippen molar-refractivity contribution < 1.29 is 0 Å². The van der Waals surface area contributed by atoms with Crippen molar-refractivity contribution in [2.45, 2.75) is 32.6 Å². The van der Waals surface area contributed by atoms with Crippen molar-refractivity contribution in [1.82, 2.24) is 9.36 Å². The number of hydrogen-bond donors (Lipinski definition) is 0. The summed E-state index contributed by atoms with van der Waals surface area (Å²) in [4.78, 5) is 4.35. The van der Waals surface area contributed by atoms with Gasteiger partial charge in [-0.3, -0.25) is 0 Å². The number of hydrogen-bond acceptors (Lipinski definition) is 3. The largest absolute Gasteiger partial charge is 0.214 e. The van der Waals surface area contributed by atoms with Crippen LogP contribution in [0.2, 0.25) is 0 Å². The molecule has 1 saturated carbocycles. The molecule has 4 heteroatoms. The van der Waals surface area contributed by atoms with Crippen molar-refractivity contribution in [2.75, 3.05) is 0 Å². The van der Waals surface area contributed by atoms with E-state index in [9.17, 15) is 0 Å². The Hall–Kier alpha value is 0.0400. The van der Waals surface area contributed by atoms with E-state index in [2.05, 4.69) is 39.1 Å². The van der Waals surface area contributed by atoms with Crippen LogP contribution >= 0.6 is 27.5 Å². The Morgan fingerprint density at radius 1 is 1.62 bits per heavy atom. The lowest BCUT2D eigenvalue weighted by atomic mass is 10.1. The van der Waals surface area contributed by atoms with E-state index in [4.69, 9.17) is 0 Å². The highest BCUT2D eigenvalue weighted by molar-refractivity contribution is 9.10. The Morgan fingerprint density at radius 2 is 2.38 bits per heavy atom. The van der Waals surface area contributed by atoms with Crippen LogP contribution in [0.4, 0.5) is 0 Å². The maximum Gasteiger partial charge on any atom is 0.209 e. The highest BCUT2D eigenvalue weighted by atomic mass is 79.9. The molecule has 1 heterocycles. The Kier molecular flexibility index (Phi) is 2.70. The maximum atomic E-state index is 4.35. The summed E-state index contributed by atoms with van der Waals surface area (Å²) >= 11 is 4.83. The van der Waals surface area contributed by atoms with E-state index in [-0.39, 0.29) is 0 Å². The van der Waals surface area contributed by atoms with Gasteiger partial charge in [0.05, 0.1) is 0 Å². The predicted molar refractivity (Wildman–Crippen MR) is 57.9 cm³/mol. The molecule has 72 valence electrons. The molecule has 1 fully saturated rings. The monoisotopic (exact) mass is 260 g/mol. The summed E-state index contributed by atoms with van der Waals surface area (Å²) in [7, 11) is 0. The SMILES string of the molecule is CC(C)C[C@@H]1C[C@H]1c1nc(Br)ns1. The quantitative estimate of drug-likeness (QED) is 0.832. The molecule has 0 spiro atoms. The molecule has 0 amide bonds. The smallest absolute Gasteiger partial charge is 0.209 e. The second-order valence-corrected chi connectivity index (χ2v) is 5.63. The second kappa shape index (κ2) is 3.65. The lowest BCUT2D eigenvalue weighted by Crippen LogP contribution is -1.90. The molecule has 0 unspecified atom stereocenters. The van der Waals surface area contributed by atoms with Crippen molar-refractivity contribution >= 4 is 27.5 Å². The first-order valence-electron chi connectivity index (χ1n) is 4.66. The van der Waals surface area contributed by atoms with Gasteiger partial charge in [0.25, 0.3) is 0 Å². The first kappa shape index (κ1) is 9.59. The van der Waals surface area contributed by atoms with Crippen LogP contribution < -0.4 is 0 Å². The van der Waals surface area contributed by atoms with Gasteiger partial charge in [-0.1, -0.05) is 13.8 Å². The molecule has 1 aliphatic rings. The molecule has 2 atom stereocenters. The van der Waals surface area contributed by atoms with Crippen molar-refractivity contribution in [3.63, 3.8) is 0 Å². The van der Waals surface area contributed by atoms with Gasteiger partial charge in [0, 0.05) is 5.92 Å². The van der Waals surface area contributed by atoms with Crippen molar-refractivity contribution in [3.8, 4) is 0 Å². The molecule has 0 N–H and O–H groups in total. The predicted octanol–water partition coefficient (Wildman–Crippen LogP) is 3.45. The van der Waals surface area contributed by atoms with Gasteiger partial charge >= 0.3 is 0 Å². The molecular weight excluding hydrogens is 248 g/mol. The maximum absolute atomic E-state index is 4.35. The lowest BCUT2D eigenvalue weighted by Gasteiger charge is -2.00. The molecule has 1 aromatic heterocycles. The van der Waals surface area contributed by atoms with Crippen LogP contribution in [0.1, 0.15) is 37.6 Å². The van der Waals surface area contributed by atoms with Crippen LogP contribution in [0.15, 0.2) is 4.73 Å². The zero-order valence-corrected chi connectivity index (χ0v) is 10.2. The minimum Gasteiger partial charge on any atom is -0.214 e. The van der Waals surface area contributed by atoms with Gasteiger partial charge in [0.2, 0.25) is 4.73 Å². The lowest BCUT2D eigenvalue weighted by molar-refractivity contribution is 0.531. The Labute approximate surface area is 91.1 Å². The normalized spacial score (nSPS) is 26.8. The highest BCUT2D eigenvalue weighted by Crippen LogP contribution is 2.51. The van der Waals surface area contributed by atoms with Gasteiger partial charge in [0.15, 0.2) is 0 Å². The van der Waals surface area contributed by atoms with Gasteiger partial charge < -0.3 is 0 Å². The van der Waals surface area contributed by atoms with E-state index < -0.39 is 0 Å². The third-order valence-corrected chi connectivity index (χ3v) is 3.87. The molecular formula is C9H13BrN2S. The third-order valence-electron chi connectivity index (χ3n) is 2.43. The summed E-state index contributed by atoms with van der Waals surface area (Å²) < 4.78 is 4.89. The summed E-state index contributed by atoms with van der Waals surface area (Å²) in [6.45, 7) is 4.57. The van der Waals surface area contributed by atoms with Crippen LogP contribution in [0, 0.1) is 11.8 Å². The van der Waals surface area contributed by atoms with E-state index in [1.54, 1.807) is 11.5 Å². The van der Waals surface area contributed by atoms with Gasteiger partial charge in [-0.25, -0.2) is 4.98 Å². The molecule has 2 rings (SSSR count). The molecule has 0 aromatic carbocycles.